The molecule has 2 aromatic rings. The van der Waals surface area contributed by atoms with Gasteiger partial charge in [-0.25, -0.2) is 8.42 Å². The monoisotopic (exact) mass is 308 g/mol. The van der Waals surface area contributed by atoms with Crippen LogP contribution in [0.2, 0.25) is 0 Å². The third-order valence-corrected chi connectivity index (χ3v) is 3.89. The van der Waals surface area contributed by atoms with E-state index < -0.39 is 10.0 Å². The zero-order chi connectivity index (χ0) is 14.6. The summed E-state index contributed by atoms with van der Waals surface area (Å²) < 4.78 is 26.5. The third kappa shape index (κ3) is 3.72. The fourth-order valence-corrected chi connectivity index (χ4v) is 3.00. The number of hydrogen-bond acceptors (Lipinski definition) is 5. The molecule has 0 bridgehead atoms. The number of sulfonamides is 1. The number of benzene rings is 1. The molecule has 0 fully saturated rings. The molecule has 0 saturated heterocycles. The molecule has 0 radical (unpaired) electrons. The second-order valence-corrected chi connectivity index (χ2v) is 6.15. The number of nitrogens with one attached hydrogen (secondary N) is 1. The van der Waals surface area contributed by atoms with Gasteiger partial charge < -0.3 is 5.73 Å². The van der Waals surface area contributed by atoms with E-state index in [0.717, 1.165) is 0 Å². The molecule has 6 nitrogen and oxygen atoms in total. The second-order valence-electron chi connectivity index (χ2n) is 3.99. The summed E-state index contributed by atoms with van der Waals surface area (Å²) in [6, 6.07) is 9.95. The lowest BCUT2D eigenvalue weighted by molar-refractivity contribution is 0.600. The van der Waals surface area contributed by atoms with Crippen LogP contribution in [-0.2, 0) is 15.8 Å². The highest BCUT2D eigenvalue weighted by molar-refractivity contribution is 7.91. The molecule has 0 saturated carbocycles. The highest BCUT2D eigenvalue weighted by Crippen LogP contribution is 2.14. The van der Waals surface area contributed by atoms with Gasteiger partial charge in [-0.3, -0.25) is 4.72 Å². The molecule has 1 aromatic heterocycles. The number of anilines is 1. The van der Waals surface area contributed by atoms with E-state index >= 15 is 0 Å². The van der Waals surface area contributed by atoms with Crippen LogP contribution in [0.15, 0.2) is 42.6 Å². The normalized spacial score (nSPS) is 11.0. The predicted octanol–water partition coefficient (Wildman–Crippen LogP) is 1.05. The average molecular weight is 308 g/mol. The molecule has 1 aromatic carbocycles. The van der Waals surface area contributed by atoms with E-state index in [0.29, 0.717) is 11.1 Å². The molecule has 8 heteroatoms. The van der Waals surface area contributed by atoms with Gasteiger partial charge in [0, 0.05) is 11.8 Å². The Balaban J connectivity index is 2.23. The minimum Gasteiger partial charge on any atom is -0.389 e. The van der Waals surface area contributed by atoms with Crippen LogP contribution in [0.4, 0.5) is 5.82 Å². The minimum atomic E-state index is -3.61. The van der Waals surface area contributed by atoms with Gasteiger partial charge in [-0.15, -0.1) is 5.10 Å². The number of hydrogen-bond donors (Lipinski definition) is 2. The van der Waals surface area contributed by atoms with Gasteiger partial charge in [0.15, 0.2) is 5.82 Å². The van der Waals surface area contributed by atoms with E-state index in [4.69, 9.17) is 18.0 Å². The van der Waals surface area contributed by atoms with Crippen molar-refractivity contribution >= 4 is 33.0 Å². The quantitative estimate of drug-likeness (QED) is 0.801. The van der Waals surface area contributed by atoms with Crippen LogP contribution in [0.5, 0.6) is 0 Å². The van der Waals surface area contributed by atoms with Gasteiger partial charge in [0.2, 0.25) is 10.0 Å². The second kappa shape index (κ2) is 5.93. The molecular weight excluding hydrogens is 296 g/mol. The molecule has 0 aliphatic carbocycles. The Morgan fingerprint density at radius 1 is 1.25 bits per heavy atom. The Hall–Kier alpha value is -2.06. The van der Waals surface area contributed by atoms with Crippen molar-refractivity contribution in [1.29, 1.82) is 0 Å². The summed E-state index contributed by atoms with van der Waals surface area (Å²) in [5.41, 5.74) is 6.67. The average Bonchev–Trinajstić information content (AvgIpc) is 2.39. The van der Waals surface area contributed by atoms with E-state index in [1.807, 2.05) is 0 Å². The molecule has 1 heterocycles. The van der Waals surface area contributed by atoms with Crippen molar-refractivity contribution in [2.75, 3.05) is 4.72 Å². The SMILES string of the molecule is NC(=S)c1ccccc1CS(=O)(=O)Nc1cccnn1. The zero-order valence-electron chi connectivity index (χ0n) is 10.4. The fourth-order valence-electron chi connectivity index (χ4n) is 1.64. The van der Waals surface area contributed by atoms with Crippen molar-refractivity contribution in [2.45, 2.75) is 5.75 Å². The number of nitrogens with zero attached hydrogens (tertiary/aromatic N) is 2. The molecule has 3 N–H and O–H groups in total. The van der Waals surface area contributed by atoms with Crippen molar-refractivity contribution in [2.24, 2.45) is 5.73 Å². The number of thiocarbonyl (C=S) groups is 1. The van der Waals surface area contributed by atoms with Crippen LogP contribution >= 0.6 is 12.2 Å². The molecule has 0 atom stereocenters. The van der Waals surface area contributed by atoms with Crippen LogP contribution in [0.1, 0.15) is 11.1 Å². The van der Waals surface area contributed by atoms with Crippen molar-refractivity contribution < 1.29 is 8.42 Å². The van der Waals surface area contributed by atoms with Gasteiger partial charge in [-0.2, -0.15) is 5.10 Å². The summed E-state index contributed by atoms with van der Waals surface area (Å²) in [4.78, 5) is 0.162. The van der Waals surface area contributed by atoms with Crippen LogP contribution < -0.4 is 10.5 Å². The zero-order valence-corrected chi connectivity index (χ0v) is 12.0. The summed E-state index contributed by atoms with van der Waals surface area (Å²) in [6.45, 7) is 0. The molecule has 0 aliphatic heterocycles. The Kier molecular flexibility index (Phi) is 4.26. The van der Waals surface area contributed by atoms with Crippen molar-refractivity contribution in [3.8, 4) is 0 Å². The van der Waals surface area contributed by atoms with E-state index in [1.54, 1.807) is 30.3 Å². The van der Waals surface area contributed by atoms with Gasteiger partial charge in [0.1, 0.15) is 4.99 Å². The molecule has 104 valence electrons. The first-order valence-corrected chi connectivity index (χ1v) is 7.70. The van der Waals surface area contributed by atoms with Gasteiger partial charge in [-0.05, 0) is 17.7 Å². The Labute approximate surface area is 122 Å². The molecule has 0 unspecified atom stereocenters. The third-order valence-electron chi connectivity index (χ3n) is 2.46. The largest absolute Gasteiger partial charge is 0.389 e. The first kappa shape index (κ1) is 14.4. The smallest absolute Gasteiger partial charge is 0.238 e. The maximum atomic E-state index is 12.1. The Morgan fingerprint density at radius 3 is 2.65 bits per heavy atom. The number of rotatable bonds is 5. The van der Waals surface area contributed by atoms with Gasteiger partial charge in [0.25, 0.3) is 0 Å². The predicted molar refractivity (Wildman–Crippen MR) is 80.6 cm³/mol. The van der Waals surface area contributed by atoms with E-state index in [9.17, 15) is 8.42 Å². The van der Waals surface area contributed by atoms with Crippen molar-refractivity contribution in [3.63, 3.8) is 0 Å². The minimum absolute atomic E-state index is 0.162. The molecule has 0 aliphatic rings. The molecule has 0 spiro atoms. The van der Waals surface area contributed by atoms with Crippen LogP contribution in [0, 0.1) is 0 Å². The Bertz CT molecular complexity index is 717. The first-order chi connectivity index (χ1) is 9.48. The summed E-state index contributed by atoms with van der Waals surface area (Å²) >= 11 is 4.91. The van der Waals surface area contributed by atoms with E-state index in [2.05, 4.69) is 14.9 Å². The number of nitrogens with two attached hydrogens (primary N) is 1. The summed E-state index contributed by atoms with van der Waals surface area (Å²) in [6.07, 6.45) is 1.46. The number of aromatic nitrogens is 2. The van der Waals surface area contributed by atoms with Gasteiger partial charge in [-0.1, -0.05) is 36.5 Å². The highest BCUT2D eigenvalue weighted by atomic mass is 32.2. The van der Waals surface area contributed by atoms with E-state index in [1.165, 1.54) is 12.3 Å². The summed E-state index contributed by atoms with van der Waals surface area (Å²) in [5.74, 6) is -0.0721. The topological polar surface area (TPSA) is 98.0 Å². The molecular formula is C12H12N4O2S2. The van der Waals surface area contributed by atoms with Gasteiger partial charge >= 0.3 is 0 Å². The maximum Gasteiger partial charge on any atom is 0.238 e. The maximum absolute atomic E-state index is 12.1. The van der Waals surface area contributed by atoms with Crippen LogP contribution in [0.25, 0.3) is 0 Å². The summed E-state index contributed by atoms with van der Waals surface area (Å²) in [7, 11) is -3.61. The van der Waals surface area contributed by atoms with Crippen molar-refractivity contribution in [1.82, 2.24) is 10.2 Å². The standard InChI is InChI=1S/C12H12N4O2S2/c13-12(19)10-5-2-1-4-9(10)8-20(17,18)16-11-6-3-7-14-15-11/h1-7H,8H2,(H2,13,19)(H,15,16). The highest BCUT2D eigenvalue weighted by Gasteiger charge is 2.15. The van der Waals surface area contributed by atoms with E-state index in [-0.39, 0.29) is 16.6 Å². The lowest BCUT2D eigenvalue weighted by Crippen LogP contribution is -2.19. The Morgan fingerprint density at radius 2 is 2.00 bits per heavy atom. The van der Waals surface area contributed by atoms with Crippen LogP contribution in [0.3, 0.4) is 0 Å². The lowest BCUT2D eigenvalue weighted by Gasteiger charge is -2.10. The molecule has 0 amide bonds. The lowest BCUT2D eigenvalue weighted by atomic mass is 10.1. The summed E-state index contributed by atoms with van der Waals surface area (Å²) in [5, 5.41) is 7.28. The van der Waals surface area contributed by atoms with Gasteiger partial charge in [0.05, 0.1) is 5.75 Å². The van der Waals surface area contributed by atoms with Crippen molar-refractivity contribution in [3.05, 3.63) is 53.7 Å². The molecule has 20 heavy (non-hydrogen) atoms. The van der Waals surface area contributed by atoms with Crippen LogP contribution in [-0.4, -0.2) is 23.6 Å². The fraction of sp³-hybridized carbons (Fsp3) is 0.0833. The first-order valence-electron chi connectivity index (χ1n) is 5.64. The molecule has 2 rings (SSSR count).